The molecule has 0 aliphatic heterocycles. The molecule has 84 valence electrons. The summed E-state index contributed by atoms with van der Waals surface area (Å²) in [6, 6.07) is 0.257. The van der Waals surface area contributed by atoms with Crippen molar-refractivity contribution in [2.45, 2.75) is 38.3 Å². The minimum Gasteiger partial charge on any atom is -0.377 e. The Hall–Kier alpha value is -0.130. The molecule has 0 bridgehead atoms. The largest absolute Gasteiger partial charge is 0.377 e. The van der Waals surface area contributed by atoms with Crippen LogP contribution in [-0.2, 0) is 14.6 Å². The fraction of sp³-hybridized carbons (Fsp3) is 1.00. The molecule has 0 unspecified atom stereocenters. The molecule has 1 aliphatic carbocycles. The van der Waals surface area contributed by atoms with Gasteiger partial charge in [0.25, 0.3) is 0 Å². The van der Waals surface area contributed by atoms with Crippen molar-refractivity contribution < 1.29 is 13.2 Å². The summed E-state index contributed by atoms with van der Waals surface area (Å²) >= 11 is 0. The molecule has 0 heterocycles. The van der Waals surface area contributed by atoms with Crippen molar-refractivity contribution in [3.05, 3.63) is 0 Å². The normalized spacial score (nSPS) is 27.3. The van der Waals surface area contributed by atoms with E-state index in [0.717, 1.165) is 12.8 Å². The molecular weight excluding hydrogens is 202 g/mol. The van der Waals surface area contributed by atoms with Crippen molar-refractivity contribution >= 4 is 9.84 Å². The standard InChI is InChI=1S/C9H19NO3S/c1-2-4-14(11,12)5-3-13-9-6-8(10)7-9/h8-9H,2-7,10H2,1H3. The van der Waals surface area contributed by atoms with Crippen LogP contribution >= 0.6 is 0 Å². The average Bonchev–Trinajstić information content (AvgIpc) is 2.00. The minimum atomic E-state index is -2.88. The molecule has 0 saturated heterocycles. The van der Waals surface area contributed by atoms with Crippen LogP contribution in [0.4, 0.5) is 0 Å². The van der Waals surface area contributed by atoms with Gasteiger partial charge in [-0.3, -0.25) is 0 Å². The summed E-state index contributed by atoms with van der Waals surface area (Å²) in [5.74, 6) is 0.410. The van der Waals surface area contributed by atoms with Gasteiger partial charge in [0.05, 0.1) is 18.5 Å². The lowest BCUT2D eigenvalue weighted by atomic mass is 9.90. The van der Waals surface area contributed by atoms with Crippen LogP contribution in [0.25, 0.3) is 0 Å². The first-order chi connectivity index (χ1) is 6.53. The molecule has 0 aromatic carbocycles. The molecule has 1 fully saturated rings. The SMILES string of the molecule is CCCS(=O)(=O)CCOC1CC(N)C1. The van der Waals surface area contributed by atoms with Crippen LogP contribution in [0.3, 0.4) is 0 Å². The van der Waals surface area contributed by atoms with Gasteiger partial charge in [-0.05, 0) is 19.3 Å². The van der Waals surface area contributed by atoms with Gasteiger partial charge in [-0.25, -0.2) is 8.42 Å². The van der Waals surface area contributed by atoms with E-state index in [2.05, 4.69) is 0 Å². The Morgan fingerprint density at radius 2 is 2.00 bits per heavy atom. The molecule has 0 radical (unpaired) electrons. The second-order valence-electron chi connectivity index (χ2n) is 3.88. The smallest absolute Gasteiger partial charge is 0.152 e. The molecule has 0 atom stereocenters. The first-order valence-electron chi connectivity index (χ1n) is 5.11. The summed E-state index contributed by atoms with van der Waals surface area (Å²) < 4.78 is 27.9. The van der Waals surface area contributed by atoms with E-state index in [-0.39, 0.29) is 23.7 Å². The monoisotopic (exact) mass is 221 g/mol. The molecule has 0 spiro atoms. The number of hydrogen-bond donors (Lipinski definition) is 1. The fourth-order valence-corrected chi connectivity index (χ4v) is 2.67. The lowest BCUT2D eigenvalue weighted by molar-refractivity contribution is -0.000251. The first-order valence-corrected chi connectivity index (χ1v) is 6.93. The van der Waals surface area contributed by atoms with E-state index in [1.807, 2.05) is 6.92 Å². The van der Waals surface area contributed by atoms with Gasteiger partial charge in [0.2, 0.25) is 0 Å². The third kappa shape index (κ3) is 3.94. The summed E-state index contributed by atoms with van der Waals surface area (Å²) in [7, 11) is -2.88. The van der Waals surface area contributed by atoms with Crippen molar-refractivity contribution in [1.29, 1.82) is 0 Å². The molecule has 1 aliphatic rings. The Morgan fingerprint density at radius 1 is 1.36 bits per heavy atom. The van der Waals surface area contributed by atoms with E-state index in [1.54, 1.807) is 0 Å². The maximum Gasteiger partial charge on any atom is 0.152 e. The van der Waals surface area contributed by atoms with Gasteiger partial charge in [-0.1, -0.05) is 6.92 Å². The van der Waals surface area contributed by atoms with Crippen LogP contribution in [0, 0.1) is 0 Å². The van der Waals surface area contributed by atoms with Gasteiger partial charge in [0.1, 0.15) is 0 Å². The van der Waals surface area contributed by atoms with Crippen molar-refractivity contribution in [2.24, 2.45) is 5.73 Å². The number of hydrogen-bond acceptors (Lipinski definition) is 4. The predicted molar refractivity (Wildman–Crippen MR) is 55.9 cm³/mol. The summed E-state index contributed by atoms with van der Waals surface area (Å²) in [5.41, 5.74) is 5.58. The Kier molecular flexibility index (Phi) is 4.34. The Bertz CT molecular complexity index is 257. The van der Waals surface area contributed by atoms with Crippen LogP contribution in [-0.4, -0.2) is 38.7 Å². The number of rotatable bonds is 6. The lowest BCUT2D eigenvalue weighted by Gasteiger charge is -2.32. The van der Waals surface area contributed by atoms with Crippen molar-refractivity contribution in [2.75, 3.05) is 18.1 Å². The molecule has 2 N–H and O–H groups in total. The Morgan fingerprint density at radius 3 is 2.50 bits per heavy atom. The van der Waals surface area contributed by atoms with Gasteiger partial charge in [-0.2, -0.15) is 0 Å². The molecule has 5 heteroatoms. The van der Waals surface area contributed by atoms with Gasteiger partial charge in [-0.15, -0.1) is 0 Å². The third-order valence-corrected chi connectivity index (χ3v) is 4.21. The zero-order valence-corrected chi connectivity index (χ0v) is 9.42. The van der Waals surface area contributed by atoms with E-state index in [9.17, 15) is 8.42 Å². The quantitative estimate of drug-likeness (QED) is 0.701. The first kappa shape index (κ1) is 11.9. The lowest BCUT2D eigenvalue weighted by Crippen LogP contribution is -2.42. The zero-order chi connectivity index (χ0) is 10.6. The number of sulfone groups is 1. The highest BCUT2D eigenvalue weighted by Gasteiger charge is 2.26. The minimum absolute atomic E-state index is 0.145. The summed E-state index contributed by atoms with van der Waals surface area (Å²) in [6.07, 6.45) is 2.61. The molecule has 0 amide bonds. The fourth-order valence-electron chi connectivity index (χ4n) is 1.50. The number of nitrogens with two attached hydrogens (primary N) is 1. The van der Waals surface area contributed by atoms with Crippen molar-refractivity contribution in [3.63, 3.8) is 0 Å². The van der Waals surface area contributed by atoms with E-state index in [4.69, 9.17) is 10.5 Å². The summed E-state index contributed by atoms with van der Waals surface area (Å²) in [6.45, 7) is 2.18. The van der Waals surface area contributed by atoms with Crippen LogP contribution < -0.4 is 5.73 Å². The molecule has 1 saturated carbocycles. The summed E-state index contributed by atoms with van der Waals surface area (Å²) in [4.78, 5) is 0. The predicted octanol–water partition coefficient (Wildman–Crippen LogP) is 0.318. The Balaban J connectivity index is 2.09. The van der Waals surface area contributed by atoms with Gasteiger partial charge in [0.15, 0.2) is 9.84 Å². The third-order valence-electron chi connectivity index (χ3n) is 2.39. The topological polar surface area (TPSA) is 69.4 Å². The van der Waals surface area contributed by atoms with Crippen LogP contribution in [0.5, 0.6) is 0 Å². The summed E-state index contributed by atoms with van der Waals surface area (Å²) in [5, 5.41) is 0. The van der Waals surface area contributed by atoms with Crippen molar-refractivity contribution in [3.8, 4) is 0 Å². The maximum absolute atomic E-state index is 11.3. The van der Waals surface area contributed by atoms with Gasteiger partial charge in [0, 0.05) is 11.8 Å². The van der Waals surface area contributed by atoms with Gasteiger partial charge >= 0.3 is 0 Å². The van der Waals surface area contributed by atoms with E-state index in [0.29, 0.717) is 13.0 Å². The maximum atomic E-state index is 11.3. The average molecular weight is 221 g/mol. The second-order valence-corrected chi connectivity index (χ2v) is 6.18. The molecule has 0 aromatic rings. The van der Waals surface area contributed by atoms with Gasteiger partial charge < -0.3 is 10.5 Å². The highest BCUT2D eigenvalue weighted by molar-refractivity contribution is 7.91. The van der Waals surface area contributed by atoms with E-state index in [1.165, 1.54) is 0 Å². The van der Waals surface area contributed by atoms with Crippen molar-refractivity contribution in [1.82, 2.24) is 0 Å². The van der Waals surface area contributed by atoms with Crippen LogP contribution in [0.1, 0.15) is 26.2 Å². The molecular formula is C9H19NO3S. The molecule has 14 heavy (non-hydrogen) atoms. The van der Waals surface area contributed by atoms with E-state index < -0.39 is 9.84 Å². The zero-order valence-electron chi connectivity index (χ0n) is 8.61. The van der Waals surface area contributed by atoms with Crippen LogP contribution in [0.2, 0.25) is 0 Å². The molecule has 4 nitrogen and oxygen atoms in total. The molecule has 1 rings (SSSR count). The Labute approximate surface area is 85.7 Å². The second kappa shape index (κ2) is 5.09. The van der Waals surface area contributed by atoms with Crippen LogP contribution in [0.15, 0.2) is 0 Å². The highest BCUT2D eigenvalue weighted by Crippen LogP contribution is 2.20. The highest BCUT2D eigenvalue weighted by atomic mass is 32.2. The molecule has 0 aromatic heterocycles. The number of ether oxygens (including phenoxy) is 1. The van der Waals surface area contributed by atoms with E-state index >= 15 is 0 Å².